The fourth-order valence-corrected chi connectivity index (χ4v) is 4.23. The molecule has 1 amide bonds. The monoisotopic (exact) mass is 416 g/mol. The summed E-state index contributed by atoms with van der Waals surface area (Å²) < 4.78 is 6.94. The van der Waals surface area contributed by atoms with Gasteiger partial charge in [0.15, 0.2) is 6.10 Å². The Hall–Kier alpha value is -3.18. The van der Waals surface area contributed by atoms with E-state index in [9.17, 15) is 4.79 Å². The minimum Gasteiger partial charge on any atom is -0.481 e. The Morgan fingerprint density at radius 2 is 1.80 bits per heavy atom. The van der Waals surface area contributed by atoms with Gasteiger partial charge in [-0.2, -0.15) is 0 Å². The Morgan fingerprint density at radius 3 is 2.50 bits per heavy atom. The molecular formula is C25H24N2O2S. The molecule has 1 heterocycles. The number of thiazole rings is 1. The standard InChI is InChI=1S/C25H24N2O2S/c1-4-18-6-12-21(13-7-18)29-17(3)24(28)26-20-10-8-19(9-11-20)25-27-22-14-5-16(2)15-23(22)30-25/h5-15,17H,4H2,1-3H3,(H,26,28)/t17-/m0/s1. The van der Waals surface area contributed by atoms with Crippen molar-refractivity contribution in [2.75, 3.05) is 5.32 Å². The molecule has 0 spiro atoms. The van der Waals surface area contributed by atoms with Gasteiger partial charge in [0.2, 0.25) is 0 Å². The van der Waals surface area contributed by atoms with Crippen LogP contribution in [-0.4, -0.2) is 17.0 Å². The lowest BCUT2D eigenvalue weighted by atomic mass is 10.2. The van der Waals surface area contributed by atoms with Crippen molar-refractivity contribution in [1.82, 2.24) is 4.98 Å². The Morgan fingerprint density at radius 1 is 1.07 bits per heavy atom. The van der Waals surface area contributed by atoms with Crippen LogP contribution >= 0.6 is 11.3 Å². The summed E-state index contributed by atoms with van der Waals surface area (Å²) in [4.78, 5) is 17.2. The number of aryl methyl sites for hydroxylation is 2. The van der Waals surface area contributed by atoms with Gasteiger partial charge in [-0.3, -0.25) is 4.79 Å². The van der Waals surface area contributed by atoms with E-state index in [0.29, 0.717) is 5.75 Å². The lowest BCUT2D eigenvalue weighted by molar-refractivity contribution is -0.122. The summed E-state index contributed by atoms with van der Waals surface area (Å²) in [5.41, 5.74) is 5.25. The number of anilines is 1. The summed E-state index contributed by atoms with van der Waals surface area (Å²) in [5, 5.41) is 3.89. The summed E-state index contributed by atoms with van der Waals surface area (Å²) >= 11 is 1.67. The van der Waals surface area contributed by atoms with Crippen LogP contribution in [0.1, 0.15) is 25.0 Å². The maximum atomic E-state index is 12.5. The van der Waals surface area contributed by atoms with Gasteiger partial charge in [0.05, 0.1) is 10.2 Å². The molecule has 3 aromatic carbocycles. The molecule has 1 N–H and O–H groups in total. The zero-order chi connectivity index (χ0) is 21.1. The molecule has 0 unspecified atom stereocenters. The van der Waals surface area contributed by atoms with E-state index in [-0.39, 0.29) is 5.91 Å². The maximum Gasteiger partial charge on any atom is 0.265 e. The lowest BCUT2D eigenvalue weighted by Gasteiger charge is -2.15. The molecule has 1 aromatic heterocycles. The topological polar surface area (TPSA) is 51.2 Å². The first-order chi connectivity index (χ1) is 14.5. The van der Waals surface area contributed by atoms with E-state index in [2.05, 4.69) is 37.4 Å². The molecule has 0 aliphatic rings. The van der Waals surface area contributed by atoms with Crippen molar-refractivity contribution < 1.29 is 9.53 Å². The first-order valence-corrected chi connectivity index (χ1v) is 10.9. The number of hydrogen-bond donors (Lipinski definition) is 1. The Balaban J connectivity index is 1.41. The van der Waals surface area contributed by atoms with Gasteiger partial charge in [-0.25, -0.2) is 4.98 Å². The number of nitrogens with one attached hydrogen (secondary N) is 1. The van der Waals surface area contributed by atoms with Crippen LogP contribution < -0.4 is 10.1 Å². The van der Waals surface area contributed by atoms with Crippen molar-refractivity contribution in [3.63, 3.8) is 0 Å². The molecule has 0 aliphatic carbocycles. The van der Waals surface area contributed by atoms with Crippen molar-refractivity contribution in [1.29, 1.82) is 0 Å². The summed E-state index contributed by atoms with van der Waals surface area (Å²) in [6.45, 7) is 5.94. The number of fused-ring (bicyclic) bond motifs is 1. The van der Waals surface area contributed by atoms with E-state index < -0.39 is 6.10 Å². The van der Waals surface area contributed by atoms with E-state index >= 15 is 0 Å². The van der Waals surface area contributed by atoms with E-state index in [1.165, 1.54) is 15.8 Å². The zero-order valence-corrected chi connectivity index (χ0v) is 18.1. The first kappa shape index (κ1) is 20.1. The van der Waals surface area contributed by atoms with Gasteiger partial charge in [-0.1, -0.05) is 25.1 Å². The van der Waals surface area contributed by atoms with Crippen molar-refractivity contribution in [3.05, 3.63) is 77.9 Å². The smallest absolute Gasteiger partial charge is 0.265 e. The summed E-state index contributed by atoms with van der Waals surface area (Å²) in [6.07, 6.45) is 0.382. The molecule has 0 fully saturated rings. The minimum absolute atomic E-state index is 0.183. The predicted octanol–water partition coefficient (Wildman–Crippen LogP) is 6.24. The number of ether oxygens (including phenoxy) is 1. The normalized spacial score (nSPS) is 12.0. The molecule has 5 heteroatoms. The average Bonchev–Trinajstić information content (AvgIpc) is 3.18. The van der Waals surface area contributed by atoms with Gasteiger partial charge in [0.1, 0.15) is 10.8 Å². The molecular weight excluding hydrogens is 392 g/mol. The van der Waals surface area contributed by atoms with Crippen LogP contribution in [0.4, 0.5) is 5.69 Å². The lowest BCUT2D eigenvalue weighted by Crippen LogP contribution is -2.30. The molecule has 0 bridgehead atoms. The quantitative estimate of drug-likeness (QED) is 0.405. The zero-order valence-electron chi connectivity index (χ0n) is 17.3. The SMILES string of the molecule is CCc1ccc(O[C@@H](C)C(=O)Nc2ccc(-c3nc4ccc(C)cc4s3)cc2)cc1. The molecule has 4 rings (SSSR count). The van der Waals surface area contributed by atoms with Gasteiger partial charge in [-0.05, 0) is 79.9 Å². The highest BCUT2D eigenvalue weighted by atomic mass is 32.1. The Kier molecular flexibility index (Phi) is 5.81. The van der Waals surface area contributed by atoms with E-state index in [4.69, 9.17) is 9.72 Å². The van der Waals surface area contributed by atoms with Crippen LogP contribution in [0.25, 0.3) is 20.8 Å². The van der Waals surface area contributed by atoms with Crippen LogP contribution in [0.5, 0.6) is 5.75 Å². The minimum atomic E-state index is -0.593. The van der Waals surface area contributed by atoms with Crippen LogP contribution in [0, 0.1) is 6.92 Å². The summed E-state index contributed by atoms with van der Waals surface area (Å²) in [7, 11) is 0. The second-order valence-corrected chi connectivity index (χ2v) is 8.35. The van der Waals surface area contributed by atoms with Crippen LogP contribution in [0.15, 0.2) is 66.7 Å². The number of rotatable bonds is 6. The average molecular weight is 417 g/mol. The van der Waals surface area contributed by atoms with E-state index in [1.54, 1.807) is 18.3 Å². The molecule has 4 nitrogen and oxygen atoms in total. The second kappa shape index (κ2) is 8.67. The second-order valence-electron chi connectivity index (χ2n) is 7.31. The number of benzene rings is 3. The summed E-state index contributed by atoms with van der Waals surface area (Å²) in [5.74, 6) is 0.508. The number of carbonyl (C=O) groups is 1. The van der Waals surface area contributed by atoms with Crippen molar-refractivity contribution in [2.45, 2.75) is 33.3 Å². The van der Waals surface area contributed by atoms with E-state index in [1.807, 2.05) is 48.5 Å². The number of amides is 1. The molecule has 1 atom stereocenters. The van der Waals surface area contributed by atoms with Gasteiger partial charge >= 0.3 is 0 Å². The largest absolute Gasteiger partial charge is 0.481 e. The van der Waals surface area contributed by atoms with Crippen LogP contribution in [0.2, 0.25) is 0 Å². The van der Waals surface area contributed by atoms with Crippen LogP contribution in [-0.2, 0) is 11.2 Å². The third-order valence-corrected chi connectivity index (χ3v) is 6.02. The van der Waals surface area contributed by atoms with Crippen molar-refractivity contribution in [3.8, 4) is 16.3 Å². The predicted molar refractivity (Wildman–Crippen MR) is 124 cm³/mol. The first-order valence-electron chi connectivity index (χ1n) is 10.1. The van der Waals surface area contributed by atoms with Gasteiger partial charge < -0.3 is 10.1 Å². The molecule has 0 radical (unpaired) electrons. The number of hydrogen-bond acceptors (Lipinski definition) is 4. The fourth-order valence-electron chi connectivity index (χ4n) is 3.16. The molecule has 0 saturated heterocycles. The highest BCUT2D eigenvalue weighted by Gasteiger charge is 2.15. The molecule has 0 saturated carbocycles. The Bertz CT molecular complexity index is 1160. The van der Waals surface area contributed by atoms with Crippen molar-refractivity contribution >= 4 is 33.1 Å². The highest BCUT2D eigenvalue weighted by molar-refractivity contribution is 7.21. The number of carbonyl (C=O) groups excluding carboxylic acids is 1. The van der Waals surface area contributed by atoms with Crippen molar-refractivity contribution in [2.24, 2.45) is 0 Å². The van der Waals surface area contributed by atoms with Crippen LogP contribution in [0.3, 0.4) is 0 Å². The molecule has 0 aliphatic heterocycles. The van der Waals surface area contributed by atoms with Gasteiger partial charge in [-0.15, -0.1) is 11.3 Å². The van der Waals surface area contributed by atoms with Gasteiger partial charge in [0, 0.05) is 11.3 Å². The maximum absolute atomic E-state index is 12.5. The molecule has 30 heavy (non-hydrogen) atoms. The molecule has 4 aromatic rings. The van der Waals surface area contributed by atoms with Gasteiger partial charge in [0.25, 0.3) is 5.91 Å². The van der Waals surface area contributed by atoms with E-state index in [0.717, 1.165) is 28.2 Å². The summed E-state index contributed by atoms with van der Waals surface area (Å²) in [6, 6.07) is 21.9. The fraction of sp³-hybridized carbons (Fsp3) is 0.200. The third-order valence-electron chi connectivity index (χ3n) is 4.96. The Labute approximate surface area is 180 Å². The third kappa shape index (κ3) is 4.52. The number of nitrogens with zero attached hydrogens (tertiary/aromatic N) is 1. The molecule has 152 valence electrons. The highest BCUT2D eigenvalue weighted by Crippen LogP contribution is 2.31. The number of aromatic nitrogens is 1.